The molecule has 0 aromatic heterocycles. The van der Waals surface area contributed by atoms with Crippen LogP contribution in [0.1, 0.15) is 33.6 Å². The zero-order valence-electron chi connectivity index (χ0n) is 14.5. The Hall–Kier alpha value is -1.31. The summed E-state index contributed by atoms with van der Waals surface area (Å²) < 4.78 is 31.4. The van der Waals surface area contributed by atoms with E-state index in [0.717, 1.165) is 17.1 Å². The summed E-state index contributed by atoms with van der Waals surface area (Å²) in [6, 6.07) is 4.27. The molecule has 0 aliphatic carbocycles. The highest BCUT2D eigenvalue weighted by molar-refractivity contribution is 7.89. The van der Waals surface area contributed by atoms with Gasteiger partial charge < -0.3 is 10.1 Å². The number of rotatable bonds is 9. The molecule has 136 valence electrons. The number of likely N-dealkylation sites (N-methyl/N-ethyl adjacent to an activating group) is 1. The van der Waals surface area contributed by atoms with E-state index < -0.39 is 10.0 Å². The summed E-state index contributed by atoms with van der Waals surface area (Å²) >= 11 is 6.04. The van der Waals surface area contributed by atoms with E-state index in [4.69, 9.17) is 16.3 Å². The maximum absolute atomic E-state index is 12.5. The number of hydrogen-bond donors (Lipinski definition) is 1. The van der Waals surface area contributed by atoms with Gasteiger partial charge in [0.2, 0.25) is 15.9 Å². The van der Waals surface area contributed by atoms with Crippen molar-refractivity contribution in [2.75, 3.05) is 20.2 Å². The van der Waals surface area contributed by atoms with Crippen molar-refractivity contribution < 1.29 is 17.9 Å². The van der Waals surface area contributed by atoms with Gasteiger partial charge in [0.1, 0.15) is 5.75 Å². The van der Waals surface area contributed by atoms with E-state index in [1.165, 1.54) is 25.2 Å². The van der Waals surface area contributed by atoms with Crippen LogP contribution in [0.25, 0.3) is 0 Å². The molecular weight excluding hydrogens is 352 g/mol. The van der Waals surface area contributed by atoms with Gasteiger partial charge in [0.25, 0.3) is 0 Å². The van der Waals surface area contributed by atoms with Crippen molar-refractivity contribution in [1.82, 2.24) is 9.62 Å². The van der Waals surface area contributed by atoms with Gasteiger partial charge in [-0.3, -0.25) is 4.79 Å². The van der Waals surface area contributed by atoms with Gasteiger partial charge in [-0.25, -0.2) is 8.42 Å². The van der Waals surface area contributed by atoms with Gasteiger partial charge in [-0.1, -0.05) is 24.9 Å². The molecule has 0 aliphatic rings. The minimum Gasteiger partial charge on any atom is -0.492 e. The van der Waals surface area contributed by atoms with E-state index in [1.54, 1.807) is 0 Å². The number of ether oxygens (including phenoxy) is 1. The number of amides is 1. The van der Waals surface area contributed by atoms with Crippen LogP contribution in [0.2, 0.25) is 5.02 Å². The molecule has 0 radical (unpaired) electrons. The molecule has 0 heterocycles. The first-order chi connectivity index (χ1) is 11.2. The van der Waals surface area contributed by atoms with E-state index >= 15 is 0 Å². The van der Waals surface area contributed by atoms with Gasteiger partial charge in [0.05, 0.1) is 23.1 Å². The Morgan fingerprint density at radius 3 is 2.58 bits per heavy atom. The smallest absolute Gasteiger partial charge is 0.243 e. The van der Waals surface area contributed by atoms with Gasteiger partial charge in [-0.2, -0.15) is 4.31 Å². The summed E-state index contributed by atoms with van der Waals surface area (Å²) in [7, 11) is -2.44. The summed E-state index contributed by atoms with van der Waals surface area (Å²) in [5.41, 5.74) is 0. The molecule has 0 aliphatic heterocycles. The maximum atomic E-state index is 12.5. The molecule has 0 saturated heterocycles. The molecule has 0 bridgehead atoms. The van der Waals surface area contributed by atoms with E-state index in [1.807, 2.05) is 20.8 Å². The SMILES string of the molecule is CCC[C@H](C)NC(=O)CN(C)S(=O)(=O)c1ccc(OCC)c(Cl)c1. The molecule has 0 fully saturated rings. The quantitative estimate of drug-likeness (QED) is 0.718. The number of carbonyl (C=O) groups excluding carboxylic acids is 1. The lowest BCUT2D eigenvalue weighted by molar-refractivity contribution is -0.121. The molecule has 24 heavy (non-hydrogen) atoms. The molecule has 0 unspecified atom stereocenters. The Morgan fingerprint density at radius 2 is 2.04 bits per heavy atom. The molecule has 6 nitrogen and oxygen atoms in total. The van der Waals surface area contributed by atoms with Crippen LogP contribution in [0.15, 0.2) is 23.1 Å². The molecule has 8 heteroatoms. The highest BCUT2D eigenvalue weighted by Gasteiger charge is 2.24. The predicted octanol–water partition coefficient (Wildman–Crippen LogP) is 2.66. The second-order valence-corrected chi connectivity index (χ2v) is 8.00. The van der Waals surface area contributed by atoms with E-state index in [0.29, 0.717) is 12.4 Å². The number of halogens is 1. The number of benzene rings is 1. The van der Waals surface area contributed by atoms with Crippen molar-refractivity contribution in [2.24, 2.45) is 0 Å². The van der Waals surface area contributed by atoms with Gasteiger partial charge >= 0.3 is 0 Å². The molecule has 1 rings (SSSR count). The summed E-state index contributed by atoms with van der Waals surface area (Å²) in [6.07, 6.45) is 1.79. The molecule has 1 amide bonds. The Labute approximate surface area is 149 Å². The molecule has 1 atom stereocenters. The van der Waals surface area contributed by atoms with Crippen LogP contribution in [0.3, 0.4) is 0 Å². The fourth-order valence-corrected chi connectivity index (χ4v) is 3.66. The molecule has 0 saturated carbocycles. The molecule has 0 spiro atoms. The first-order valence-electron chi connectivity index (χ1n) is 7.90. The third-order valence-corrected chi connectivity index (χ3v) is 5.50. The third-order valence-electron chi connectivity index (χ3n) is 3.41. The van der Waals surface area contributed by atoms with Gasteiger partial charge in [-0.05, 0) is 38.5 Å². The van der Waals surface area contributed by atoms with E-state index in [9.17, 15) is 13.2 Å². The fraction of sp³-hybridized carbons (Fsp3) is 0.562. The minimum absolute atomic E-state index is 0.0125. The lowest BCUT2D eigenvalue weighted by atomic mass is 10.2. The van der Waals surface area contributed by atoms with Crippen molar-refractivity contribution in [3.63, 3.8) is 0 Å². The summed E-state index contributed by atoms with van der Waals surface area (Å²) in [4.78, 5) is 12.0. The summed E-state index contributed by atoms with van der Waals surface area (Å²) in [5.74, 6) is 0.0889. The standard InChI is InChI=1S/C16H25ClN2O4S/c1-5-7-12(3)18-16(20)11-19(4)24(21,22)13-8-9-15(23-6-2)14(17)10-13/h8-10,12H,5-7,11H2,1-4H3,(H,18,20)/t12-/m0/s1. The fourth-order valence-electron chi connectivity index (χ4n) is 2.21. The van der Waals surface area contributed by atoms with E-state index in [-0.39, 0.29) is 28.4 Å². The van der Waals surface area contributed by atoms with Crippen molar-refractivity contribution in [3.8, 4) is 5.75 Å². The minimum atomic E-state index is -3.80. The molecular formula is C16H25ClN2O4S. The average Bonchev–Trinajstić information content (AvgIpc) is 2.49. The van der Waals surface area contributed by atoms with Crippen LogP contribution in [-0.2, 0) is 14.8 Å². The van der Waals surface area contributed by atoms with Crippen molar-refractivity contribution >= 4 is 27.5 Å². The largest absolute Gasteiger partial charge is 0.492 e. The van der Waals surface area contributed by atoms with Crippen LogP contribution >= 0.6 is 11.6 Å². The van der Waals surface area contributed by atoms with Gasteiger partial charge in [0.15, 0.2) is 0 Å². The maximum Gasteiger partial charge on any atom is 0.243 e. The molecule has 1 N–H and O–H groups in total. The van der Waals surface area contributed by atoms with Crippen molar-refractivity contribution in [3.05, 3.63) is 23.2 Å². The average molecular weight is 377 g/mol. The third kappa shape index (κ3) is 5.65. The lowest BCUT2D eigenvalue weighted by Crippen LogP contribution is -2.41. The zero-order chi connectivity index (χ0) is 18.3. The Kier molecular flexibility index (Phi) is 7.99. The Morgan fingerprint density at radius 1 is 1.38 bits per heavy atom. The second kappa shape index (κ2) is 9.25. The number of nitrogens with zero attached hydrogens (tertiary/aromatic N) is 1. The Balaban J connectivity index is 2.83. The molecule has 1 aromatic rings. The topological polar surface area (TPSA) is 75.7 Å². The van der Waals surface area contributed by atoms with Crippen LogP contribution in [-0.4, -0.2) is 44.9 Å². The lowest BCUT2D eigenvalue weighted by Gasteiger charge is -2.19. The highest BCUT2D eigenvalue weighted by Crippen LogP contribution is 2.28. The number of carbonyl (C=O) groups is 1. The van der Waals surface area contributed by atoms with Gasteiger partial charge in [-0.15, -0.1) is 0 Å². The number of hydrogen-bond acceptors (Lipinski definition) is 4. The first-order valence-corrected chi connectivity index (χ1v) is 9.72. The second-order valence-electron chi connectivity index (χ2n) is 5.54. The summed E-state index contributed by atoms with van der Waals surface area (Å²) in [5, 5.41) is 3.00. The molecule has 1 aromatic carbocycles. The van der Waals surface area contributed by atoms with Crippen LogP contribution in [0.5, 0.6) is 5.75 Å². The first kappa shape index (κ1) is 20.7. The van der Waals surface area contributed by atoms with Crippen LogP contribution in [0, 0.1) is 0 Å². The zero-order valence-corrected chi connectivity index (χ0v) is 16.1. The summed E-state index contributed by atoms with van der Waals surface area (Å²) in [6.45, 7) is 5.91. The predicted molar refractivity (Wildman–Crippen MR) is 94.9 cm³/mol. The van der Waals surface area contributed by atoms with Crippen LogP contribution in [0.4, 0.5) is 0 Å². The number of sulfonamides is 1. The van der Waals surface area contributed by atoms with Crippen molar-refractivity contribution in [1.29, 1.82) is 0 Å². The van der Waals surface area contributed by atoms with Crippen molar-refractivity contribution in [2.45, 2.75) is 44.6 Å². The Bertz CT molecular complexity index is 664. The normalized spacial score (nSPS) is 12.9. The van der Waals surface area contributed by atoms with Gasteiger partial charge in [0, 0.05) is 13.1 Å². The highest BCUT2D eigenvalue weighted by atomic mass is 35.5. The van der Waals surface area contributed by atoms with E-state index in [2.05, 4.69) is 5.32 Å². The number of nitrogens with one attached hydrogen (secondary N) is 1. The monoisotopic (exact) mass is 376 g/mol. The van der Waals surface area contributed by atoms with Crippen LogP contribution < -0.4 is 10.1 Å².